The molecule has 0 spiro atoms. The van der Waals surface area contributed by atoms with E-state index in [-0.39, 0.29) is 46.5 Å². The van der Waals surface area contributed by atoms with Crippen molar-refractivity contribution in [3.63, 3.8) is 0 Å². The van der Waals surface area contributed by atoms with Crippen LogP contribution in [0.25, 0.3) is 67.7 Å². The number of esters is 1. The lowest BCUT2D eigenvalue weighted by Gasteiger charge is -2.21. The second-order valence-electron chi connectivity index (χ2n) is 24.7. The lowest BCUT2D eigenvalue weighted by atomic mass is 10.1. The predicted molar refractivity (Wildman–Crippen MR) is 368 cm³/mol. The van der Waals surface area contributed by atoms with E-state index < -0.39 is 39.3 Å². The van der Waals surface area contributed by atoms with Crippen LogP contribution in [0.15, 0.2) is 95.5 Å². The molecule has 4 aromatic carbocycles. The predicted octanol–water partition coefficient (Wildman–Crippen LogP) is 5.39. The standard InChI is InChI=1S/C25H28N6O4.C22H29N5O4.C21H28N6O3/c1-16-13-19-20(14-17(16)2)31(23-22(27-19)24(33)29-25(34)28-23)12-11-26-10-6-9-21(32)30-35-15-18-7-4-3-5-8-18;1-13-11-15-16(12-14(13)2)27(19-18(24-15)20(29)26-21(30)25-19)10-9-23-8-6-7-17(28)31-22(3,4)5;1-13-11-14-16(12-15(13)26(3)4)27(10-8-6-5-7-9-17(28)22-2)19-18(23-14)20(29)25-21(30)24-19/h3-5,7-8,13-14,26H,6,9-12,15H2,1-2H3,(H,30,32)(H,29,33,34);11-12,23H,6-10H2,1-5H3,(H,26,29,30);11-12H,5-10H2,1-4H3,(H,22,28)(H,25,29,30). The van der Waals surface area contributed by atoms with Gasteiger partial charge in [-0.2, -0.15) is 15.0 Å². The Bertz CT molecular complexity index is 4680. The van der Waals surface area contributed by atoms with Gasteiger partial charge in [-0.15, -0.1) is 0 Å². The molecule has 0 aromatic heterocycles. The smallest absolute Gasteiger partial charge is 0.349 e. The molecule has 6 aliphatic heterocycles. The molecule has 0 radical (unpaired) electrons. The zero-order valence-corrected chi connectivity index (χ0v) is 56.3. The van der Waals surface area contributed by atoms with Crippen molar-refractivity contribution < 1.29 is 24.0 Å². The van der Waals surface area contributed by atoms with E-state index in [2.05, 4.69) is 66.3 Å². The first kappa shape index (κ1) is 71.7. The molecule has 4 aromatic rings. The van der Waals surface area contributed by atoms with Crippen molar-refractivity contribution in [2.75, 3.05) is 52.2 Å². The molecule has 0 saturated carbocycles. The summed E-state index contributed by atoms with van der Waals surface area (Å²) in [4.78, 5) is 147. The molecule has 0 bridgehead atoms. The molecule has 0 fully saturated rings. The number of unbranched alkanes of at least 4 members (excludes halogenated alkanes) is 3. The maximum absolute atomic E-state index is 12.3. The van der Waals surface area contributed by atoms with Gasteiger partial charge in [-0.05, 0) is 164 Å². The molecule has 0 atom stereocenters. The second kappa shape index (κ2) is 32.8. The molecular weight excluding hydrogens is 1230 g/mol. The summed E-state index contributed by atoms with van der Waals surface area (Å²) in [6, 6.07) is 21.4. The Morgan fingerprint density at radius 3 is 1.40 bits per heavy atom. The van der Waals surface area contributed by atoms with Gasteiger partial charge in [0, 0.05) is 78.8 Å². The van der Waals surface area contributed by atoms with Gasteiger partial charge in [-0.3, -0.25) is 48.6 Å². The van der Waals surface area contributed by atoms with Crippen LogP contribution in [-0.2, 0) is 50.2 Å². The van der Waals surface area contributed by atoms with Crippen LogP contribution < -0.4 is 60.1 Å². The number of carbonyl (C=O) groups is 3. The van der Waals surface area contributed by atoms with Crippen molar-refractivity contribution in [2.24, 2.45) is 0 Å². The Morgan fingerprint density at radius 2 is 0.927 bits per heavy atom. The van der Waals surface area contributed by atoms with E-state index in [1.807, 2.05) is 155 Å². The normalized spacial score (nSPS) is 11.4. The number of fused-ring (bicyclic) bond motifs is 6. The lowest BCUT2D eigenvalue weighted by molar-refractivity contribution is -0.154. The number of H-pyrrole nitrogens is 3. The van der Waals surface area contributed by atoms with Gasteiger partial charge in [-0.25, -0.2) is 34.8 Å². The van der Waals surface area contributed by atoms with Crippen molar-refractivity contribution in [1.82, 2.24) is 80.0 Å². The van der Waals surface area contributed by atoms with Crippen LogP contribution in [0.3, 0.4) is 0 Å². The fraction of sp³-hybridized carbons (Fsp3) is 0.426. The number of rotatable bonds is 25. The van der Waals surface area contributed by atoms with Crippen LogP contribution in [0, 0.1) is 34.6 Å². The number of aryl methyl sites for hydroxylation is 6. The summed E-state index contributed by atoms with van der Waals surface area (Å²) in [6.45, 7) is 19.8. The van der Waals surface area contributed by atoms with Gasteiger partial charge in [0.05, 0.1) is 39.7 Å². The quantitative estimate of drug-likeness (QED) is 0.0163. The van der Waals surface area contributed by atoms with Crippen LogP contribution >= 0.6 is 0 Å². The molecular formula is C68H85N17O11. The van der Waals surface area contributed by atoms with Gasteiger partial charge < -0.3 is 39.3 Å². The van der Waals surface area contributed by atoms with E-state index in [9.17, 15) is 43.2 Å². The zero-order chi connectivity index (χ0) is 69.4. The van der Waals surface area contributed by atoms with Gasteiger partial charge in [0.2, 0.25) is 11.8 Å². The molecule has 6 heterocycles. The zero-order valence-electron chi connectivity index (χ0n) is 56.3. The summed E-state index contributed by atoms with van der Waals surface area (Å²) in [5.74, 6) is 0.475. The number of ether oxygens (including phenoxy) is 1. The third-order valence-electron chi connectivity index (χ3n) is 15.9. The molecule has 0 aliphatic carbocycles. The van der Waals surface area contributed by atoms with Gasteiger partial charge in [0.1, 0.15) is 5.60 Å². The Morgan fingerprint density at radius 1 is 0.500 bits per heavy atom. The molecule has 96 heavy (non-hydrogen) atoms. The molecule has 6 aliphatic rings. The molecule has 0 saturated heterocycles. The number of amides is 2. The minimum Gasteiger partial charge on any atom is -0.460 e. The molecule has 2 amide bonds. The number of hydrogen-bond acceptors (Lipinski definition) is 20. The Balaban J connectivity index is 0.000000185. The number of anilines is 1. The number of nitrogens with zero attached hydrogens (tertiary/aromatic N) is 10. The summed E-state index contributed by atoms with van der Waals surface area (Å²) >= 11 is 0. The summed E-state index contributed by atoms with van der Waals surface area (Å²) in [5, 5.41) is 9.22. The van der Waals surface area contributed by atoms with E-state index >= 15 is 0 Å². The average molecular weight is 1320 g/mol. The number of hydroxylamine groups is 1. The maximum atomic E-state index is 12.3. The third kappa shape index (κ3) is 19.0. The molecule has 28 nitrogen and oxygen atoms in total. The summed E-state index contributed by atoms with van der Waals surface area (Å²) in [6.07, 6.45) is 5.98. The Kier molecular flexibility index (Phi) is 24.5. The average Bonchev–Trinajstić information content (AvgIpc) is 0.772. The highest BCUT2D eigenvalue weighted by atomic mass is 16.6. The Hall–Kier alpha value is -10.2. The summed E-state index contributed by atoms with van der Waals surface area (Å²) in [7, 11) is 5.58. The van der Waals surface area contributed by atoms with E-state index in [0.29, 0.717) is 107 Å². The molecule has 0 unspecified atom stereocenters. The third-order valence-corrected chi connectivity index (χ3v) is 15.9. The van der Waals surface area contributed by atoms with Crippen molar-refractivity contribution in [3.8, 4) is 34.6 Å². The fourth-order valence-corrected chi connectivity index (χ4v) is 10.8. The van der Waals surface area contributed by atoms with Gasteiger partial charge >= 0.3 is 23.0 Å². The molecule has 28 heteroatoms. The van der Waals surface area contributed by atoms with Gasteiger partial charge in [0.15, 0.2) is 34.6 Å². The van der Waals surface area contributed by atoms with Crippen molar-refractivity contribution in [1.29, 1.82) is 0 Å². The minimum absolute atomic E-state index is 0.0495. The molecule has 508 valence electrons. The van der Waals surface area contributed by atoms with Crippen LogP contribution in [0.5, 0.6) is 0 Å². The number of carbonyl (C=O) groups excluding carboxylic acids is 3. The number of aromatic amines is 3. The SMILES string of the molecule is CNC(=O)CCCCCCn1c2nc(=O)[nH]c(=O)c-2nc2cc(C)c(N(C)C)cc21.Cc1cc2nc3c(=O)[nH]c(=O)nc-3n(CCNCCCC(=O)NOCc3ccccc3)c2cc1C.Cc1cc2nc3c(=O)[nH]c(=O)nc-3n(CCNCCCC(=O)OC(C)(C)C)c2cc1C. The number of benzene rings is 4. The van der Waals surface area contributed by atoms with Crippen molar-refractivity contribution >= 4 is 56.6 Å². The lowest BCUT2D eigenvalue weighted by Crippen LogP contribution is -2.30. The van der Waals surface area contributed by atoms with Crippen LogP contribution in [0.2, 0.25) is 0 Å². The van der Waals surface area contributed by atoms with E-state index in [4.69, 9.17) is 9.57 Å². The fourth-order valence-electron chi connectivity index (χ4n) is 10.8. The van der Waals surface area contributed by atoms with Crippen molar-refractivity contribution in [2.45, 2.75) is 145 Å². The first-order valence-electron chi connectivity index (χ1n) is 32.0. The highest BCUT2D eigenvalue weighted by Gasteiger charge is 2.23. The monoisotopic (exact) mass is 1320 g/mol. The van der Waals surface area contributed by atoms with E-state index in [0.717, 1.165) is 81.3 Å². The van der Waals surface area contributed by atoms with Crippen LogP contribution in [-0.4, -0.2) is 129 Å². The number of nitrogens with one attached hydrogen (secondary N) is 7. The first-order chi connectivity index (χ1) is 45.8. The van der Waals surface area contributed by atoms with Gasteiger partial charge in [-0.1, -0.05) is 43.2 Å². The van der Waals surface area contributed by atoms with Crippen LogP contribution in [0.4, 0.5) is 5.69 Å². The molecule has 10 rings (SSSR count). The molecule has 7 N–H and O–H groups in total. The second-order valence-corrected chi connectivity index (χ2v) is 24.7. The largest absolute Gasteiger partial charge is 0.460 e. The van der Waals surface area contributed by atoms with Gasteiger partial charge in [0.25, 0.3) is 16.7 Å². The minimum atomic E-state index is -0.699. The number of aromatic nitrogens is 12. The summed E-state index contributed by atoms with van der Waals surface area (Å²) in [5.41, 5.74) is 10.5. The van der Waals surface area contributed by atoms with E-state index in [1.54, 1.807) is 7.05 Å². The number of hydrogen-bond donors (Lipinski definition) is 7. The first-order valence-corrected chi connectivity index (χ1v) is 32.0. The van der Waals surface area contributed by atoms with E-state index in [1.165, 1.54) is 0 Å². The van der Waals surface area contributed by atoms with Crippen LogP contribution in [0.1, 0.15) is 112 Å². The summed E-state index contributed by atoms with van der Waals surface area (Å²) < 4.78 is 10.9. The van der Waals surface area contributed by atoms with Crippen molar-refractivity contribution in [3.05, 3.63) is 163 Å². The highest BCUT2D eigenvalue weighted by Crippen LogP contribution is 2.29. The highest BCUT2D eigenvalue weighted by molar-refractivity contribution is 5.85. The maximum Gasteiger partial charge on any atom is 0.349 e. The topological polar surface area (TPSA) is 363 Å². The Labute approximate surface area is 552 Å².